The monoisotopic (exact) mass is 190 g/mol. The van der Waals surface area contributed by atoms with Gasteiger partial charge >= 0.3 is 5.97 Å². The second-order valence-corrected chi connectivity index (χ2v) is 4.00. The normalized spacial score (nSPS) is 17.8. The number of carboxylic acid groups (broad SMARTS) is 1. The van der Waals surface area contributed by atoms with E-state index in [4.69, 9.17) is 5.11 Å². The van der Waals surface area contributed by atoms with Crippen LogP contribution in [0.2, 0.25) is 0 Å². The Morgan fingerprint density at radius 1 is 1.50 bits per heavy atom. The SMILES string of the molecule is CC(C(=O)O)c1cccc(C2CC2)c1. The van der Waals surface area contributed by atoms with Crippen LogP contribution < -0.4 is 0 Å². The molecule has 0 bridgehead atoms. The van der Waals surface area contributed by atoms with E-state index in [1.165, 1.54) is 18.4 Å². The van der Waals surface area contributed by atoms with Crippen molar-refractivity contribution < 1.29 is 9.90 Å². The van der Waals surface area contributed by atoms with Gasteiger partial charge in [0.25, 0.3) is 0 Å². The van der Waals surface area contributed by atoms with Crippen LogP contribution in [0.4, 0.5) is 0 Å². The van der Waals surface area contributed by atoms with Gasteiger partial charge in [-0.25, -0.2) is 0 Å². The summed E-state index contributed by atoms with van der Waals surface area (Å²) in [7, 11) is 0. The van der Waals surface area contributed by atoms with Crippen molar-refractivity contribution in [2.45, 2.75) is 31.6 Å². The summed E-state index contributed by atoms with van der Waals surface area (Å²) in [4.78, 5) is 10.8. The predicted molar refractivity (Wildman–Crippen MR) is 54.5 cm³/mol. The Kier molecular flexibility index (Phi) is 2.28. The van der Waals surface area contributed by atoms with E-state index in [-0.39, 0.29) is 0 Å². The molecule has 1 aromatic rings. The lowest BCUT2D eigenvalue weighted by molar-refractivity contribution is -0.138. The first-order valence-electron chi connectivity index (χ1n) is 5.01. The zero-order valence-corrected chi connectivity index (χ0v) is 8.23. The van der Waals surface area contributed by atoms with E-state index in [9.17, 15) is 4.79 Å². The number of benzene rings is 1. The maximum absolute atomic E-state index is 10.8. The smallest absolute Gasteiger partial charge is 0.310 e. The molecule has 2 rings (SSSR count). The van der Waals surface area contributed by atoms with E-state index < -0.39 is 11.9 Å². The maximum Gasteiger partial charge on any atom is 0.310 e. The third-order valence-corrected chi connectivity index (χ3v) is 2.83. The van der Waals surface area contributed by atoms with Gasteiger partial charge in [0.05, 0.1) is 5.92 Å². The van der Waals surface area contributed by atoms with Gasteiger partial charge in [-0.1, -0.05) is 24.3 Å². The van der Waals surface area contributed by atoms with Gasteiger partial charge in [-0.3, -0.25) is 4.79 Å². The van der Waals surface area contributed by atoms with E-state index in [1.54, 1.807) is 6.92 Å². The summed E-state index contributed by atoms with van der Waals surface area (Å²) in [5.74, 6) is -0.456. The average Bonchev–Trinajstić information content (AvgIpc) is 3.00. The van der Waals surface area contributed by atoms with E-state index in [0.717, 1.165) is 5.56 Å². The van der Waals surface area contributed by atoms with Gasteiger partial charge in [0.15, 0.2) is 0 Å². The third kappa shape index (κ3) is 1.79. The zero-order chi connectivity index (χ0) is 10.1. The summed E-state index contributed by atoms with van der Waals surface area (Å²) in [6.45, 7) is 1.73. The molecular formula is C12H14O2. The van der Waals surface area contributed by atoms with Crippen LogP contribution in [-0.4, -0.2) is 11.1 Å². The molecular weight excluding hydrogens is 176 g/mol. The molecule has 0 saturated heterocycles. The molecule has 1 N–H and O–H groups in total. The molecule has 2 heteroatoms. The van der Waals surface area contributed by atoms with Crippen LogP contribution in [0.15, 0.2) is 24.3 Å². The average molecular weight is 190 g/mol. The van der Waals surface area contributed by atoms with Crippen molar-refractivity contribution in [3.63, 3.8) is 0 Å². The summed E-state index contributed by atoms with van der Waals surface area (Å²) in [6, 6.07) is 7.99. The molecule has 1 atom stereocenters. The van der Waals surface area contributed by atoms with Gasteiger partial charge in [0.1, 0.15) is 0 Å². The second-order valence-electron chi connectivity index (χ2n) is 4.00. The molecule has 0 spiro atoms. The highest BCUT2D eigenvalue weighted by molar-refractivity contribution is 5.75. The Bertz CT molecular complexity index is 353. The van der Waals surface area contributed by atoms with Gasteiger partial charge in [-0.2, -0.15) is 0 Å². The van der Waals surface area contributed by atoms with Crippen molar-refractivity contribution in [2.75, 3.05) is 0 Å². The molecule has 1 aromatic carbocycles. The van der Waals surface area contributed by atoms with E-state index in [1.807, 2.05) is 18.2 Å². The summed E-state index contributed by atoms with van der Waals surface area (Å²) in [6.07, 6.45) is 2.51. The van der Waals surface area contributed by atoms with Crippen LogP contribution in [0.3, 0.4) is 0 Å². The Hall–Kier alpha value is -1.31. The van der Waals surface area contributed by atoms with Gasteiger partial charge in [0, 0.05) is 0 Å². The second kappa shape index (κ2) is 3.45. The summed E-state index contributed by atoms with van der Waals surface area (Å²) >= 11 is 0. The maximum atomic E-state index is 10.8. The minimum atomic E-state index is -0.752. The fourth-order valence-corrected chi connectivity index (χ4v) is 1.64. The van der Waals surface area contributed by atoms with Gasteiger partial charge in [-0.15, -0.1) is 0 Å². The number of hydrogen-bond acceptors (Lipinski definition) is 1. The van der Waals surface area contributed by atoms with Crippen molar-refractivity contribution in [3.8, 4) is 0 Å². The van der Waals surface area contributed by atoms with Crippen molar-refractivity contribution in [3.05, 3.63) is 35.4 Å². The third-order valence-electron chi connectivity index (χ3n) is 2.83. The lowest BCUT2D eigenvalue weighted by atomic mass is 9.98. The molecule has 0 amide bonds. The van der Waals surface area contributed by atoms with Gasteiger partial charge < -0.3 is 5.11 Å². The number of hydrogen-bond donors (Lipinski definition) is 1. The lowest BCUT2D eigenvalue weighted by Gasteiger charge is -2.08. The van der Waals surface area contributed by atoms with Crippen LogP contribution in [0.25, 0.3) is 0 Å². The molecule has 14 heavy (non-hydrogen) atoms. The van der Waals surface area contributed by atoms with Crippen LogP contribution in [0, 0.1) is 0 Å². The van der Waals surface area contributed by atoms with Gasteiger partial charge in [-0.05, 0) is 36.8 Å². The highest BCUT2D eigenvalue weighted by Crippen LogP contribution is 2.40. The summed E-state index contributed by atoms with van der Waals surface area (Å²) < 4.78 is 0. The summed E-state index contributed by atoms with van der Waals surface area (Å²) in [5, 5.41) is 8.88. The minimum Gasteiger partial charge on any atom is -0.481 e. The largest absolute Gasteiger partial charge is 0.481 e. The van der Waals surface area contributed by atoms with Gasteiger partial charge in [0.2, 0.25) is 0 Å². The highest BCUT2D eigenvalue weighted by Gasteiger charge is 2.24. The molecule has 2 nitrogen and oxygen atoms in total. The molecule has 0 heterocycles. The van der Waals surface area contributed by atoms with Crippen LogP contribution in [-0.2, 0) is 4.79 Å². The van der Waals surface area contributed by atoms with Crippen LogP contribution in [0.5, 0.6) is 0 Å². The Morgan fingerprint density at radius 3 is 2.79 bits per heavy atom. The fraction of sp³-hybridized carbons (Fsp3) is 0.417. The quantitative estimate of drug-likeness (QED) is 0.795. The first-order chi connectivity index (χ1) is 6.68. The topological polar surface area (TPSA) is 37.3 Å². The predicted octanol–water partition coefficient (Wildman–Crippen LogP) is 2.75. The van der Waals surface area contributed by atoms with Crippen molar-refractivity contribution in [1.29, 1.82) is 0 Å². The molecule has 1 unspecified atom stereocenters. The van der Waals surface area contributed by atoms with Crippen molar-refractivity contribution >= 4 is 5.97 Å². The molecule has 74 valence electrons. The highest BCUT2D eigenvalue weighted by atomic mass is 16.4. The molecule has 0 radical (unpaired) electrons. The number of carbonyl (C=O) groups is 1. The first-order valence-corrected chi connectivity index (χ1v) is 5.01. The van der Waals surface area contributed by atoms with Crippen LogP contribution in [0.1, 0.15) is 42.7 Å². The lowest BCUT2D eigenvalue weighted by Crippen LogP contribution is -2.07. The Morgan fingerprint density at radius 2 is 2.21 bits per heavy atom. The minimum absolute atomic E-state index is 0.395. The number of carboxylic acids is 1. The Balaban J connectivity index is 2.25. The molecule has 1 saturated carbocycles. The number of rotatable bonds is 3. The van der Waals surface area contributed by atoms with E-state index in [0.29, 0.717) is 5.92 Å². The summed E-state index contributed by atoms with van der Waals surface area (Å²) in [5.41, 5.74) is 2.22. The Labute approximate surface area is 83.6 Å². The zero-order valence-electron chi connectivity index (χ0n) is 8.23. The molecule has 0 aromatic heterocycles. The van der Waals surface area contributed by atoms with Crippen molar-refractivity contribution in [1.82, 2.24) is 0 Å². The molecule has 1 aliphatic carbocycles. The molecule has 1 fully saturated rings. The molecule has 0 aliphatic heterocycles. The van der Waals surface area contributed by atoms with Crippen LogP contribution >= 0.6 is 0 Å². The van der Waals surface area contributed by atoms with E-state index in [2.05, 4.69) is 6.07 Å². The molecule has 1 aliphatic rings. The van der Waals surface area contributed by atoms with E-state index >= 15 is 0 Å². The van der Waals surface area contributed by atoms with Crippen molar-refractivity contribution in [2.24, 2.45) is 0 Å². The fourth-order valence-electron chi connectivity index (χ4n) is 1.64. The first kappa shape index (κ1) is 9.25. The number of aliphatic carboxylic acids is 1. The standard InChI is InChI=1S/C12H14O2/c1-8(12(13)14)10-3-2-4-11(7-10)9-5-6-9/h2-4,7-9H,5-6H2,1H3,(H,13,14).